The molecule has 1 aromatic carbocycles. The van der Waals surface area contributed by atoms with Crippen molar-refractivity contribution in [1.82, 2.24) is 0 Å². The van der Waals surface area contributed by atoms with Crippen molar-refractivity contribution >= 4 is 23.2 Å². The van der Waals surface area contributed by atoms with Crippen LogP contribution in [0.25, 0.3) is 0 Å². The molecule has 0 unspecified atom stereocenters. The highest BCUT2D eigenvalue weighted by atomic mass is 35.5. The number of benzene rings is 1. The largest absolute Gasteiger partial charge is 0.495 e. The molecule has 0 fully saturated rings. The van der Waals surface area contributed by atoms with Gasteiger partial charge in [-0.05, 0) is 6.07 Å². The monoisotopic (exact) mass is 254 g/mol. The summed E-state index contributed by atoms with van der Waals surface area (Å²) in [5.74, 6) is -2.68. The Labute approximate surface area is 96.9 Å². The molecular weight excluding hydrogens is 245 g/mol. The second-order valence-corrected chi connectivity index (χ2v) is 3.84. The SMILES string of the molecule is CCC(F)(F)c1cc(Cl)c(OC)cc1Cl. The second-order valence-electron chi connectivity index (χ2n) is 3.02. The van der Waals surface area contributed by atoms with Crippen LogP contribution in [0.1, 0.15) is 18.9 Å². The number of hydrogen-bond acceptors (Lipinski definition) is 1. The first kappa shape index (κ1) is 12.5. The van der Waals surface area contributed by atoms with E-state index < -0.39 is 5.92 Å². The lowest BCUT2D eigenvalue weighted by atomic mass is 10.1. The molecule has 1 aromatic rings. The van der Waals surface area contributed by atoms with E-state index in [9.17, 15) is 8.78 Å². The fourth-order valence-corrected chi connectivity index (χ4v) is 1.69. The van der Waals surface area contributed by atoms with Crippen LogP contribution < -0.4 is 4.74 Å². The smallest absolute Gasteiger partial charge is 0.274 e. The third kappa shape index (κ3) is 2.52. The molecule has 0 amide bonds. The summed E-state index contributed by atoms with van der Waals surface area (Å²) in [6.45, 7) is 1.38. The molecule has 0 saturated carbocycles. The van der Waals surface area contributed by atoms with Crippen LogP contribution in [-0.4, -0.2) is 7.11 Å². The Kier molecular flexibility index (Phi) is 3.79. The first-order chi connectivity index (χ1) is 6.92. The molecule has 0 aliphatic carbocycles. The van der Waals surface area contributed by atoms with Gasteiger partial charge in [0.05, 0.1) is 17.2 Å². The van der Waals surface area contributed by atoms with Crippen LogP contribution in [0, 0.1) is 0 Å². The summed E-state index contributed by atoms with van der Waals surface area (Å²) in [6, 6.07) is 2.44. The fourth-order valence-electron chi connectivity index (χ4n) is 1.16. The maximum absolute atomic E-state index is 13.4. The van der Waals surface area contributed by atoms with E-state index in [1.807, 2.05) is 0 Å². The standard InChI is InChI=1S/C10H10Cl2F2O/c1-3-10(13,14)6-4-8(12)9(15-2)5-7(6)11/h4-5H,3H2,1-2H3. The molecule has 84 valence electrons. The summed E-state index contributed by atoms with van der Waals surface area (Å²) in [4.78, 5) is 0. The quantitative estimate of drug-likeness (QED) is 0.772. The van der Waals surface area contributed by atoms with Gasteiger partial charge in [-0.25, -0.2) is 8.78 Å². The highest BCUT2D eigenvalue weighted by molar-refractivity contribution is 6.34. The topological polar surface area (TPSA) is 9.23 Å². The van der Waals surface area contributed by atoms with E-state index in [0.717, 1.165) is 6.07 Å². The average Bonchev–Trinajstić information content (AvgIpc) is 2.20. The number of alkyl halides is 2. The Morgan fingerprint density at radius 1 is 1.27 bits per heavy atom. The van der Waals surface area contributed by atoms with Gasteiger partial charge in [-0.1, -0.05) is 30.1 Å². The summed E-state index contributed by atoms with van der Waals surface area (Å²) in [5, 5.41) is 0.0909. The summed E-state index contributed by atoms with van der Waals surface area (Å²) in [6.07, 6.45) is -0.324. The first-order valence-corrected chi connectivity index (χ1v) is 5.09. The lowest BCUT2D eigenvalue weighted by Gasteiger charge is -2.17. The van der Waals surface area contributed by atoms with Gasteiger partial charge in [-0.3, -0.25) is 0 Å². The molecule has 0 saturated heterocycles. The highest BCUT2D eigenvalue weighted by Crippen LogP contribution is 2.40. The van der Waals surface area contributed by atoms with Gasteiger partial charge in [-0.2, -0.15) is 0 Å². The molecule has 5 heteroatoms. The zero-order valence-electron chi connectivity index (χ0n) is 8.28. The Morgan fingerprint density at radius 3 is 2.33 bits per heavy atom. The minimum atomic E-state index is -2.97. The number of ether oxygens (including phenoxy) is 1. The van der Waals surface area contributed by atoms with Crippen LogP contribution in [0.3, 0.4) is 0 Å². The fraction of sp³-hybridized carbons (Fsp3) is 0.400. The van der Waals surface area contributed by atoms with Gasteiger partial charge in [0.25, 0.3) is 5.92 Å². The van der Waals surface area contributed by atoms with Crippen LogP contribution in [0.4, 0.5) is 8.78 Å². The summed E-state index contributed by atoms with van der Waals surface area (Å²) in [5.41, 5.74) is -0.266. The molecule has 0 atom stereocenters. The number of hydrogen-bond donors (Lipinski definition) is 0. The van der Waals surface area contributed by atoms with E-state index in [0.29, 0.717) is 0 Å². The van der Waals surface area contributed by atoms with Crippen LogP contribution >= 0.6 is 23.2 Å². The van der Waals surface area contributed by atoms with Gasteiger partial charge in [0.15, 0.2) is 0 Å². The van der Waals surface area contributed by atoms with E-state index in [4.69, 9.17) is 27.9 Å². The minimum absolute atomic E-state index is 0.0388. The van der Waals surface area contributed by atoms with Gasteiger partial charge in [-0.15, -0.1) is 0 Å². The highest BCUT2D eigenvalue weighted by Gasteiger charge is 2.32. The van der Waals surface area contributed by atoms with E-state index in [1.165, 1.54) is 20.1 Å². The lowest BCUT2D eigenvalue weighted by Crippen LogP contribution is -2.12. The van der Waals surface area contributed by atoms with Crippen molar-refractivity contribution < 1.29 is 13.5 Å². The Balaban J connectivity index is 3.28. The van der Waals surface area contributed by atoms with E-state index in [1.54, 1.807) is 0 Å². The van der Waals surface area contributed by atoms with Gasteiger partial charge in [0.2, 0.25) is 0 Å². The molecule has 15 heavy (non-hydrogen) atoms. The van der Waals surface area contributed by atoms with Crippen molar-refractivity contribution in [2.24, 2.45) is 0 Å². The first-order valence-electron chi connectivity index (χ1n) is 4.33. The minimum Gasteiger partial charge on any atom is -0.495 e. The predicted molar refractivity (Wildman–Crippen MR) is 57.2 cm³/mol. The van der Waals surface area contributed by atoms with Crippen molar-refractivity contribution in [2.45, 2.75) is 19.3 Å². The molecular formula is C10H10Cl2F2O. The van der Waals surface area contributed by atoms with Crippen molar-refractivity contribution in [3.63, 3.8) is 0 Å². The van der Waals surface area contributed by atoms with Gasteiger partial charge in [0, 0.05) is 18.1 Å². The molecule has 1 nitrogen and oxygen atoms in total. The third-order valence-corrected chi connectivity index (χ3v) is 2.69. The van der Waals surface area contributed by atoms with Crippen molar-refractivity contribution in [3.05, 3.63) is 27.7 Å². The van der Waals surface area contributed by atoms with Crippen molar-refractivity contribution in [1.29, 1.82) is 0 Å². The Morgan fingerprint density at radius 2 is 1.87 bits per heavy atom. The number of rotatable bonds is 3. The van der Waals surface area contributed by atoms with Crippen LogP contribution in [0.5, 0.6) is 5.75 Å². The molecule has 0 bridgehead atoms. The van der Waals surface area contributed by atoms with Crippen LogP contribution in [-0.2, 0) is 5.92 Å². The zero-order chi connectivity index (χ0) is 11.6. The Hall–Kier alpha value is -0.540. The van der Waals surface area contributed by atoms with E-state index in [-0.39, 0.29) is 27.8 Å². The predicted octanol–water partition coefficient (Wildman–Crippen LogP) is 4.50. The van der Waals surface area contributed by atoms with Crippen molar-refractivity contribution in [2.75, 3.05) is 7.11 Å². The summed E-state index contributed by atoms with van der Waals surface area (Å²) < 4.78 is 31.6. The Bertz CT molecular complexity index is 367. The molecule has 1 rings (SSSR count). The zero-order valence-corrected chi connectivity index (χ0v) is 9.79. The average molecular weight is 255 g/mol. The van der Waals surface area contributed by atoms with Crippen LogP contribution in [0.2, 0.25) is 10.0 Å². The van der Waals surface area contributed by atoms with Gasteiger partial charge >= 0.3 is 0 Å². The molecule has 0 radical (unpaired) electrons. The summed E-state index contributed by atoms with van der Waals surface area (Å²) >= 11 is 11.5. The molecule has 0 aliphatic heterocycles. The molecule has 0 aliphatic rings. The van der Waals surface area contributed by atoms with Crippen molar-refractivity contribution in [3.8, 4) is 5.75 Å². The lowest BCUT2D eigenvalue weighted by molar-refractivity contribution is -0.00819. The van der Waals surface area contributed by atoms with E-state index >= 15 is 0 Å². The second kappa shape index (κ2) is 4.54. The molecule has 0 heterocycles. The van der Waals surface area contributed by atoms with E-state index in [2.05, 4.69) is 0 Å². The third-order valence-electron chi connectivity index (χ3n) is 2.08. The maximum Gasteiger partial charge on any atom is 0.274 e. The molecule has 0 spiro atoms. The maximum atomic E-state index is 13.4. The molecule has 0 aromatic heterocycles. The normalized spacial score (nSPS) is 11.6. The number of methoxy groups -OCH3 is 1. The van der Waals surface area contributed by atoms with Gasteiger partial charge < -0.3 is 4.74 Å². The van der Waals surface area contributed by atoms with Gasteiger partial charge in [0.1, 0.15) is 5.75 Å². The number of halogens is 4. The molecule has 0 N–H and O–H groups in total. The van der Waals surface area contributed by atoms with Crippen LogP contribution in [0.15, 0.2) is 12.1 Å². The summed E-state index contributed by atoms with van der Waals surface area (Å²) in [7, 11) is 1.40.